The normalized spacial score (nSPS) is 11.9. The van der Waals surface area contributed by atoms with Crippen LogP contribution in [0.5, 0.6) is 0 Å². The fraction of sp³-hybridized carbons (Fsp3) is 0.0769. The van der Waals surface area contributed by atoms with E-state index in [1.54, 1.807) is 0 Å². The lowest BCUT2D eigenvalue weighted by atomic mass is 9.87. The van der Waals surface area contributed by atoms with Gasteiger partial charge in [0.1, 0.15) is 7.05 Å². The predicted molar refractivity (Wildman–Crippen MR) is 117 cm³/mol. The highest BCUT2D eigenvalue weighted by Crippen LogP contribution is 2.43. The van der Waals surface area contributed by atoms with Crippen molar-refractivity contribution < 1.29 is 4.57 Å². The summed E-state index contributed by atoms with van der Waals surface area (Å²) in [4.78, 5) is 4.87. The van der Waals surface area contributed by atoms with Crippen LogP contribution < -0.4 is 4.57 Å². The first-order valence-electron chi connectivity index (χ1n) is 9.64. The Hall–Kier alpha value is -3.52. The predicted octanol–water partition coefficient (Wildman–Crippen LogP) is 5.93. The Morgan fingerprint density at radius 3 is 2.36 bits per heavy atom. The summed E-state index contributed by atoms with van der Waals surface area (Å²) in [6.45, 7) is 2.25. The zero-order chi connectivity index (χ0) is 18.8. The van der Waals surface area contributed by atoms with Gasteiger partial charge in [-0.05, 0) is 46.2 Å². The number of fused-ring (bicyclic) bond motifs is 3. The molecular weight excluding hydrogens is 340 g/mol. The highest BCUT2D eigenvalue weighted by molar-refractivity contribution is 6.34. The van der Waals surface area contributed by atoms with Crippen LogP contribution >= 0.6 is 0 Å². The maximum atomic E-state index is 4.87. The van der Waals surface area contributed by atoms with Crippen molar-refractivity contribution in [1.82, 2.24) is 4.98 Å². The summed E-state index contributed by atoms with van der Waals surface area (Å²) in [5.74, 6) is 0. The van der Waals surface area contributed by atoms with E-state index in [1.807, 2.05) is 6.20 Å². The van der Waals surface area contributed by atoms with Gasteiger partial charge in [-0.2, -0.15) is 0 Å². The Morgan fingerprint density at radius 1 is 0.750 bits per heavy atom. The number of aromatic nitrogens is 2. The van der Waals surface area contributed by atoms with E-state index in [9.17, 15) is 0 Å². The van der Waals surface area contributed by atoms with E-state index in [4.69, 9.17) is 4.98 Å². The van der Waals surface area contributed by atoms with Crippen molar-refractivity contribution in [1.29, 1.82) is 0 Å². The molecule has 2 heteroatoms. The summed E-state index contributed by atoms with van der Waals surface area (Å²) in [5, 5.41) is 9.07. The van der Waals surface area contributed by atoms with E-state index < -0.39 is 0 Å². The lowest BCUT2D eigenvalue weighted by molar-refractivity contribution is -0.660. The Morgan fingerprint density at radius 2 is 1.50 bits per heavy atom. The molecular formula is C26H19N2+. The highest BCUT2D eigenvalue weighted by atomic mass is 14.9. The van der Waals surface area contributed by atoms with Gasteiger partial charge < -0.3 is 0 Å². The highest BCUT2D eigenvalue weighted by Gasteiger charge is 2.20. The second-order valence-corrected chi connectivity index (χ2v) is 7.59. The third-order valence-electron chi connectivity index (χ3n) is 6.07. The fourth-order valence-corrected chi connectivity index (χ4v) is 4.78. The van der Waals surface area contributed by atoms with E-state index in [0.29, 0.717) is 0 Å². The third kappa shape index (κ3) is 1.92. The minimum Gasteiger partial charge on any atom is -0.256 e. The third-order valence-corrected chi connectivity index (χ3v) is 6.07. The van der Waals surface area contributed by atoms with Gasteiger partial charge in [-0.1, -0.05) is 42.5 Å². The molecule has 0 saturated carbocycles. The van der Waals surface area contributed by atoms with Crippen molar-refractivity contribution in [3.8, 4) is 11.3 Å². The molecule has 0 N–H and O–H groups in total. The van der Waals surface area contributed by atoms with Crippen molar-refractivity contribution in [3.05, 3.63) is 84.7 Å². The molecule has 0 fully saturated rings. The zero-order valence-electron chi connectivity index (χ0n) is 15.9. The van der Waals surface area contributed by atoms with E-state index in [0.717, 1.165) is 5.52 Å². The summed E-state index contributed by atoms with van der Waals surface area (Å²) in [7, 11) is 2.10. The van der Waals surface area contributed by atoms with Crippen LogP contribution in [0.15, 0.2) is 79.1 Å². The average molecular weight is 359 g/mol. The van der Waals surface area contributed by atoms with Crippen LogP contribution in [0.2, 0.25) is 0 Å². The van der Waals surface area contributed by atoms with Crippen molar-refractivity contribution in [2.24, 2.45) is 7.05 Å². The van der Waals surface area contributed by atoms with E-state index in [1.165, 1.54) is 54.5 Å². The van der Waals surface area contributed by atoms with Gasteiger partial charge in [-0.15, -0.1) is 0 Å². The lowest BCUT2D eigenvalue weighted by Crippen LogP contribution is -2.30. The first-order chi connectivity index (χ1) is 13.7. The fourth-order valence-electron chi connectivity index (χ4n) is 4.78. The van der Waals surface area contributed by atoms with Gasteiger partial charge in [0.25, 0.3) is 0 Å². The van der Waals surface area contributed by atoms with Gasteiger partial charge in [-0.25, -0.2) is 4.57 Å². The molecule has 2 aromatic heterocycles. The Kier molecular flexibility index (Phi) is 3.05. The van der Waals surface area contributed by atoms with E-state index in [2.05, 4.69) is 91.5 Å². The maximum absolute atomic E-state index is 4.87. The van der Waals surface area contributed by atoms with E-state index >= 15 is 0 Å². The standard InChI is InChI=1S/C26H19N2/c1-16-21(23-12-5-6-13-28(23)2)14-22-26-24(16)19-10-4-3-9-18(19)20-11-7-8-17(15-27-22)25(20)26/h3-15H,1-2H3/q+1. The summed E-state index contributed by atoms with van der Waals surface area (Å²) in [6.07, 6.45) is 4.12. The number of nitrogens with zero attached hydrogens (tertiary/aromatic N) is 2. The topological polar surface area (TPSA) is 16.8 Å². The van der Waals surface area contributed by atoms with E-state index in [-0.39, 0.29) is 0 Å². The number of pyridine rings is 2. The zero-order valence-corrected chi connectivity index (χ0v) is 15.9. The van der Waals surface area contributed by atoms with Crippen LogP contribution in [0.25, 0.3) is 54.5 Å². The molecule has 4 aromatic carbocycles. The smallest absolute Gasteiger partial charge is 0.212 e. The van der Waals surface area contributed by atoms with Gasteiger partial charge in [0, 0.05) is 34.5 Å². The average Bonchev–Trinajstić information content (AvgIpc) is 2.74. The van der Waals surface area contributed by atoms with Crippen LogP contribution in [-0.2, 0) is 7.05 Å². The van der Waals surface area contributed by atoms with Crippen molar-refractivity contribution in [2.45, 2.75) is 6.92 Å². The maximum Gasteiger partial charge on any atom is 0.212 e. The van der Waals surface area contributed by atoms with Crippen LogP contribution in [0, 0.1) is 6.92 Å². The lowest BCUT2D eigenvalue weighted by Gasteiger charge is -2.17. The monoisotopic (exact) mass is 359 g/mol. The summed E-state index contributed by atoms with van der Waals surface area (Å²) in [5.41, 5.74) is 4.82. The van der Waals surface area contributed by atoms with Crippen LogP contribution in [0.3, 0.4) is 0 Å². The molecule has 132 valence electrons. The molecule has 0 unspecified atom stereocenters. The van der Waals surface area contributed by atoms with Gasteiger partial charge >= 0.3 is 0 Å². The van der Waals surface area contributed by atoms with Crippen LogP contribution in [0.1, 0.15) is 5.56 Å². The second-order valence-electron chi connectivity index (χ2n) is 7.59. The van der Waals surface area contributed by atoms with Crippen molar-refractivity contribution >= 4 is 43.2 Å². The molecule has 2 nitrogen and oxygen atoms in total. The molecule has 6 aromatic rings. The van der Waals surface area contributed by atoms with Crippen LogP contribution in [-0.4, -0.2) is 4.98 Å². The largest absolute Gasteiger partial charge is 0.256 e. The Balaban J connectivity index is 1.94. The summed E-state index contributed by atoms with van der Waals surface area (Å²) < 4.78 is 2.18. The van der Waals surface area contributed by atoms with Gasteiger partial charge in [-0.3, -0.25) is 4.98 Å². The number of rotatable bonds is 1. The first kappa shape index (κ1) is 15.5. The molecule has 0 aliphatic heterocycles. The number of aryl methyl sites for hydroxylation is 2. The molecule has 0 atom stereocenters. The number of hydrogen-bond donors (Lipinski definition) is 0. The molecule has 0 radical (unpaired) electrons. The summed E-state index contributed by atoms with van der Waals surface area (Å²) in [6, 6.07) is 23.9. The van der Waals surface area contributed by atoms with Crippen molar-refractivity contribution in [3.63, 3.8) is 0 Å². The molecule has 28 heavy (non-hydrogen) atoms. The first-order valence-corrected chi connectivity index (χ1v) is 9.64. The number of hydrogen-bond acceptors (Lipinski definition) is 1. The van der Waals surface area contributed by atoms with Crippen molar-refractivity contribution in [2.75, 3.05) is 0 Å². The Bertz CT molecular complexity index is 1530. The SMILES string of the molecule is Cc1c(-c2cccc[n+]2C)cc2ncc3cccc4c5ccccc5c1c2c34. The number of benzene rings is 4. The van der Waals surface area contributed by atoms with Gasteiger partial charge in [0.2, 0.25) is 5.69 Å². The molecule has 0 bridgehead atoms. The molecule has 0 aliphatic rings. The second kappa shape index (κ2) is 5.49. The molecule has 6 rings (SSSR count). The van der Waals surface area contributed by atoms with Gasteiger partial charge in [0.05, 0.1) is 11.1 Å². The minimum atomic E-state index is 1.06. The van der Waals surface area contributed by atoms with Crippen LogP contribution in [0.4, 0.5) is 0 Å². The molecule has 2 heterocycles. The molecule has 0 amide bonds. The molecule has 0 saturated heterocycles. The van der Waals surface area contributed by atoms with Gasteiger partial charge in [0.15, 0.2) is 6.20 Å². The Labute approximate surface area is 163 Å². The molecule has 0 aliphatic carbocycles. The minimum absolute atomic E-state index is 1.06. The molecule has 0 spiro atoms. The summed E-state index contributed by atoms with van der Waals surface area (Å²) >= 11 is 0. The quantitative estimate of drug-likeness (QED) is 0.202.